The fourth-order valence-electron chi connectivity index (χ4n) is 1.74. The van der Waals surface area contributed by atoms with Gasteiger partial charge in [-0.2, -0.15) is 4.98 Å². The van der Waals surface area contributed by atoms with E-state index >= 15 is 0 Å². The second kappa shape index (κ2) is 5.97. The third-order valence-electron chi connectivity index (χ3n) is 2.89. The van der Waals surface area contributed by atoms with Crippen molar-refractivity contribution in [2.75, 3.05) is 5.73 Å². The molecule has 106 valence electrons. The third-order valence-corrected chi connectivity index (χ3v) is 3.90. The van der Waals surface area contributed by atoms with Gasteiger partial charge in [0.1, 0.15) is 5.82 Å². The third kappa shape index (κ3) is 3.41. The maximum absolute atomic E-state index is 5.55. The van der Waals surface area contributed by atoms with Gasteiger partial charge in [0, 0.05) is 11.1 Å². The van der Waals surface area contributed by atoms with Crippen molar-refractivity contribution in [1.29, 1.82) is 0 Å². The number of hydrogen-bond acceptors (Lipinski definition) is 6. The van der Waals surface area contributed by atoms with Gasteiger partial charge < -0.3 is 10.3 Å². The summed E-state index contributed by atoms with van der Waals surface area (Å²) in [5.74, 6) is 2.25. The summed E-state index contributed by atoms with van der Waals surface area (Å²) >= 11 is 1.67. The molecule has 2 N–H and O–H groups in total. The summed E-state index contributed by atoms with van der Waals surface area (Å²) in [6.07, 6.45) is 1.62. The number of nitrogen functional groups attached to an aromatic ring is 1. The molecule has 0 fully saturated rings. The predicted molar refractivity (Wildman–Crippen MR) is 82.7 cm³/mol. The van der Waals surface area contributed by atoms with E-state index in [1.165, 1.54) is 10.5 Å². The van der Waals surface area contributed by atoms with Gasteiger partial charge in [-0.1, -0.05) is 22.9 Å². The van der Waals surface area contributed by atoms with E-state index in [-0.39, 0.29) is 0 Å². The zero-order chi connectivity index (χ0) is 14.7. The minimum atomic E-state index is 0.460. The predicted octanol–water partition coefficient (Wildman–Crippen LogP) is 3.31. The second-order valence-electron chi connectivity index (χ2n) is 4.59. The molecule has 0 bridgehead atoms. The SMILES string of the molecule is Cc1ccc(SCc2noc(-c3ccc(N)nc3)n2)cc1. The Morgan fingerprint density at radius 2 is 1.95 bits per heavy atom. The van der Waals surface area contributed by atoms with E-state index in [0.717, 1.165) is 5.56 Å². The molecule has 2 heterocycles. The van der Waals surface area contributed by atoms with Crippen LogP contribution < -0.4 is 5.73 Å². The molecule has 0 unspecified atom stereocenters. The minimum absolute atomic E-state index is 0.460. The van der Waals surface area contributed by atoms with E-state index < -0.39 is 0 Å². The number of pyridine rings is 1. The lowest BCUT2D eigenvalue weighted by Crippen LogP contribution is -1.89. The van der Waals surface area contributed by atoms with Gasteiger partial charge in [0.15, 0.2) is 5.82 Å². The number of rotatable bonds is 4. The highest BCUT2D eigenvalue weighted by Crippen LogP contribution is 2.23. The summed E-state index contributed by atoms with van der Waals surface area (Å²) in [6, 6.07) is 11.9. The van der Waals surface area contributed by atoms with E-state index in [1.54, 1.807) is 24.0 Å². The lowest BCUT2D eigenvalue weighted by molar-refractivity contribution is 0.425. The van der Waals surface area contributed by atoms with Gasteiger partial charge in [0.25, 0.3) is 5.89 Å². The summed E-state index contributed by atoms with van der Waals surface area (Å²) in [5, 5.41) is 3.98. The van der Waals surface area contributed by atoms with Gasteiger partial charge >= 0.3 is 0 Å². The highest BCUT2D eigenvalue weighted by molar-refractivity contribution is 7.98. The molecule has 0 aliphatic rings. The van der Waals surface area contributed by atoms with Crippen molar-refractivity contribution in [2.45, 2.75) is 17.6 Å². The van der Waals surface area contributed by atoms with Crippen molar-refractivity contribution in [3.8, 4) is 11.5 Å². The van der Waals surface area contributed by atoms with Crippen LogP contribution >= 0.6 is 11.8 Å². The van der Waals surface area contributed by atoms with Gasteiger partial charge in [-0.3, -0.25) is 0 Å². The van der Waals surface area contributed by atoms with E-state index in [2.05, 4.69) is 46.3 Å². The van der Waals surface area contributed by atoms with Gasteiger partial charge in [0.05, 0.1) is 11.3 Å². The summed E-state index contributed by atoms with van der Waals surface area (Å²) < 4.78 is 5.24. The molecule has 5 nitrogen and oxygen atoms in total. The number of thioether (sulfide) groups is 1. The minimum Gasteiger partial charge on any atom is -0.384 e. The molecule has 3 rings (SSSR count). The number of nitrogens with zero attached hydrogens (tertiary/aromatic N) is 3. The van der Waals surface area contributed by atoms with E-state index in [4.69, 9.17) is 10.3 Å². The molecule has 0 amide bonds. The van der Waals surface area contributed by atoms with Crippen molar-refractivity contribution in [3.05, 3.63) is 54.0 Å². The van der Waals surface area contributed by atoms with Crippen LogP contribution in [0.15, 0.2) is 52.0 Å². The van der Waals surface area contributed by atoms with Crippen molar-refractivity contribution >= 4 is 17.6 Å². The Morgan fingerprint density at radius 1 is 1.14 bits per heavy atom. The first-order valence-electron chi connectivity index (χ1n) is 6.45. The summed E-state index contributed by atoms with van der Waals surface area (Å²) in [6.45, 7) is 2.07. The quantitative estimate of drug-likeness (QED) is 0.744. The number of anilines is 1. The van der Waals surface area contributed by atoms with E-state index in [0.29, 0.717) is 23.3 Å². The van der Waals surface area contributed by atoms with Crippen LogP contribution in [-0.2, 0) is 5.75 Å². The summed E-state index contributed by atoms with van der Waals surface area (Å²) in [5.41, 5.74) is 7.57. The van der Waals surface area contributed by atoms with Gasteiger partial charge in [-0.25, -0.2) is 4.98 Å². The van der Waals surface area contributed by atoms with Crippen LogP contribution in [-0.4, -0.2) is 15.1 Å². The maximum Gasteiger partial charge on any atom is 0.259 e. The Kier molecular flexibility index (Phi) is 3.87. The zero-order valence-corrected chi connectivity index (χ0v) is 12.3. The van der Waals surface area contributed by atoms with Crippen LogP contribution in [0.2, 0.25) is 0 Å². The van der Waals surface area contributed by atoms with Crippen LogP contribution in [0.4, 0.5) is 5.82 Å². The molecular formula is C15H14N4OS. The smallest absolute Gasteiger partial charge is 0.259 e. The fourth-order valence-corrected chi connectivity index (χ4v) is 2.49. The second-order valence-corrected chi connectivity index (χ2v) is 5.64. The van der Waals surface area contributed by atoms with Crippen LogP contribution in [0.25, 0.3) is 11.5 Å². The highest BCUT2D eigenvalue weighted by atomic mass is 32.2. The first-order chi connectivity index (χ1) is 10.2. The van der Waals surface area contributed by atoms with Crippen molar-refractivity contribution < 1.29 is 4.52 Å². The molecule has 0 spiro atoms. The number of aromatic nitrogens is 3. The Bertz CT molecular complexity index is 722. The lowest BCUT2D eigenvalue weighted by Gasteiger charge is -1.98. The molecule has 0 radical (unpaired) electrons. The zero-order valence-electron chi connectivity index (χ0n) is 11.5. The van der Waals surface area contributed by atoms with Crippen LogP contribution in [0.3, 0.4) is 0 Å². The number of hydrogen-bond donors (Lipinski definition) is 1. The fraction of sp³-hybridized carbons (Fsp3) is 0.133. The molecule has 0 saturated heterocycles. The summed E-state index contributed by atoms with van der Waals surface area (Å²) in [4.78, 5) is 9.56. The molecular weight excluding hydrogens is 284 g/mol. The van der Waals surface area contributed by atoms with Crippen LogP contribution in [0.1, 0.15) is 11.4 Å². The average molecular weight is 298 g/mol. The van der Waals surface area contributed by atoms with Crippen molar-refractivity contribution in [3.63, 3.8) is 0 Å². The molecule has 0 aliphatic carbocycles. The molecule has 0 saturated carbocycles. The first kappa shape index (κ1) is 13.6. The topological polar surface area (TPSA) is 77.8 Å². The van der Waals surface area contributed by atoms with Gasteiger partial charge in [-0.05, 0) is 31.2 Å². The number of aryl methyl sites for hydroxylation is 1. The van der Waals surface area contributed by atoms with Gasteiger partial charge in [-0.15, -0.1) is 11.8 Å². The highest BCUT2D eigenvalue weighted by Gasteiger charge is 2.09. The molecule has 0 atom stereocenters. The first-order valence-corrected chi connectivity index (χ1v) is 7.43. The molecule has 6 heteroatoms. The number of benzene rings is 1. The molecule has 0 aliphatic heterocycles. The molecule has 3 aromatic rings. The Morgan fingerprint density at radius 3 is 2.67 bits per heavy atom. The molecule has 1 aromatic carbocycles. The molecule has 2 aromatic heterocycles. The van der Waals surface area contributed by atoms with Crippen molar-refractivity contribution in [2.24, 2.45) is 0 Å². The van der Waals surface area contributed by atoms with Crippen LogP contribution in [0, 0.1) is 6.92 Å². The van der Waals surface area contributed by atoms with Crippen LogP contribution in [0.5, 0.6) is 0 Å². The average Bonchev–Trinajstić information content (AvgIpc) is 2.96. The Hall–Kier alpha value is -2.34. The standard InChI is InChI=1S/C15H14N4OS/c1-10-2-5-12(6-3-10)21-9-14-18-15(20-19-14)11-4-7-13(16)17-8-11/h2-8H,9H2,1H3,(H2,16,17). The summed E-state index contributed by atoms with van der Waals surface area (Å²) in [7, 11) is 0. The lowest BCUT2D eigenvalue weighted by atomic mass is 10.2. The Balaban J connectivity index is 1.67. The van der Waals surface area contributed by atoms with E-state index in [1.807, 2.05) is 6.07 Å². The normalized spacial score (nSPS) is 10.7. The Labute approximate surface area is 126 Å². The van der Waals surface area contributed by atoms with Gasteiger partial charge in [0.2, 0.25) is 0 Å². The molecule has 21 heavy (non-hydrogen) atoms. The number of nitrogens with two attached hydrogens (primary N) is 1. The van der Waals surface area contributed by atoms with E-state index in [9.17, 15) is 0 Å². The monoisotopic (exact) mass is 298 g/mol. The maximum atomic E-state index is 5.55. The van der Waals surface area contributed by atoms with Crippen molar-refractivity contribution in [1.82, 2.24) is 15.1 Å². The largest absolute Gasteiger partial charge is 0.384 e.